The van der Waals surface area contributed by atoms with Gasteiger partial charge >= 0.3 is 7.60 Å². The summed E-state index contributed by atoms with van der Waals surface area (Å²) in [5, 5.41) is 18.2. The van der Waals surface area contributed by atoms with Crippen LogP contribution in [-0.4, -0.2) is 51.6 Å². The molecule has 10 heteroatoms. The van der Waals surface area contributed by atoms with E-state index in [2.05, 4.69) is 16.0 Å². The smallest absolute Gasteiger partial charge is 0.342 e. The maximum absolute atomic E-state index is 13.2. The number of aryl methyl sites for hydroxylation is 1. The molecule has 0 aliphatic carbocycles. The fraction of sp³-hybridized carbons (Fsp3) is 0.440. The van der Waals surface area contributed by atoms with Crippen molar-refractivity contribution in [3.63, 3.8) is 0 Å². The van der Waals surface area contributed by atoms with Crippen LogP contribution < -0.4 is 16.0 Å². The van der Waals surface area contributed by atoms with Crippen molar-refractivity contribution in [2.45, 2.75) is 57.4 Å². The van der Waals surface area contributed by atoms with E-state index >= 15 is 0 Å². The van der Waals surface area contributed by atoms with Crippen LogP contribution in [0.1, 0.15) is 37.8 Å². The molecule has 2 amide bonds. The zero-order chi connectivity index (χ0) is 26.0. The van der Waals surface area contributed by atoms with Crippen LogP contribution in [0.2, 0.25) is 0 Å². The molecule has 6 N–H and O–H groups in total. The Labute approximate surface area is 206 Å². The lowest BCUT2D eigenvalue weighted by Crippen LogP contribution is -2.55. The number of aromatic hydroxyl groups is 1. The molecule has 0 saturated heterocycles. The number of likely N-dealkylation sites (N-methyl/N-ethyl adjacent to an activating group) is 1. The van der Waals surface area contributed by atoms with Gasteiger partial charge in [0.1, 0.15) is 17.6 Å². The van der Waals surface area contributed by atoms with Crippen molar-refractivity contribution >= 4 is 19.4 Å². The molecular formula is C25H36N3O6P. The molecule has 0 aliphatic heterocycles. The van der Waals surface area contributed by atoms with Crippen LogP contribution in [-0.2, 0) is 27.0 Å². The van der Waals surface area contributed by atoms with Crippen LogP contribution in [0.3, 0.4) is 0 Å². The average Bonchev–Trinajstić information content (AvgIpc) is 2.80. The first-order chi connectivity index (χ1) is 16.5. The van der Waals surface area contributed by atoms with Gasteiger partial charge in [0.25, 0.3) is 0 Å². The first-order valence-electron chi connectivity index (χ1n) is 11.6. The summed E-state index contributed by atoms with van der Waals surface area (Å²) in [6.45, 7) is 3.80. The van der Waals surface area contributed by atoms with Crippen molar-refractivity contribution in [3.05, 3.63) is 65.7 Å². The van der Waals surface area contributed by atoms with E-state index in [-0.39, 0.29) is 36.8 Å². The highest BCUT2D eigenvalue weighted by Crippen LogP contribution is 2.42. The number of rotatable bonds is 13. The van der Waals surface area contributed by atoms with Crippen LogP contribution in [0.5, 0.6) is 5.75 Å². The van der Waals surface area contributed by atoms with Crippen LogP contribution in [0, 0.1) is 5.92 Å². The topological polar surface area (TPSA) is 148 Å². The average molecular weight is 506 g/mol. The molecule has 192 valence electrons. The van der Waals surface area contributed by atoms with Gasteiger partial charge < -0.3 is 25.5 Å². The number of carbonyl (C=O) groups excluding carboxylic acids is 2. The Balaban J connectivity index is 2.19. The molecule has 3 atom stereocenters. The summed E-state index contributed by atoms with van der Waals surface area (Å²) < 4.78 is 12.3. The molecule has 2 aromatic rings. The predicted molar refractivity (Wildman–Crippen MR) is 135 cm³/mol. The van der Waals surface area contributed by atoms with Gasteiger partial charge in [-0.05, 0) is 42.4 Å². The summed E-state index contributed by atoms with van der Waals surface area (Å²) >= 11 is 0. The molecule has 0 aliphatic rings. The summed E-state index contributed by atoms with van der Waals surface area (Å²) in [7, 11) is -3.15. The minimum Gasteiger partial charge on any atom is -0.508 e. The van der Waals surface area contributed by atoms with Gasteiger partial charge in [0, 0.05) is 13.5 Å². The monoisotopic (exact) mass is 505 g/mol. The van der Waals surface area contributed by atoms with Crippen LogP contribution in [0.4, 0.5) is 0 Å². The van der Waals surface area contributed by atoms with Gasteiger partial charge in [-0.15, -0.1) is 0 Å². The SMILES string of the molecule is CNC(=O)C(Cc1ccccc1)NC(=O)[C@H](CC(C)C)N[C@H](CCc1ccccc1O)P(=O)(O)O. The van der Waals surface area contributed by atoms with Gasteiger partial charge in [0.15, 0.2) is 0 Å². The van der Waals surface area contributed by atoms with Crippen LogP contribution in [0.25, 0.3) is 0 Å². The van der Waals surface area contributed by atoms with Crippen LogP contribution in [0.15, 0.2) is 54.6 Å². The number of phenolic OH excluding ortho intramolecular Hbond substituents is 1. The fourth-order valence-corrected chi connectivity index (χ4v) is 4.66. The molecule has 9 nitrogen and oxygen atoms in total. The Bertz CT molecular complexity index is 1010. The molecular weight excluding hydrogens is 469 g/mol. The lowest BCUT2D eigenvalue weighted by atomic mass is 10.0. The first-order valence-corrected chi connectivity index (χ1v) is 13.3. The minimum atomic E-state index is -4.63. The van der Waals surface area contributed by atoms with Gasteiger partial charge in [0.05, 0.1) is 6.04 Å². The van der Waals surface area contributed by atoms with Crippen molar-refractivity contribution < 1.29 is 29.0 Å². The number of amides is 2. The van der Waals surface area contributed by atoms with Gasteiger partial charge in [-0.3, -0.25) is 19.5 Å². The third-order valence-electron chi connectivity index (χ3n) is 5.66. The number of carbonyl (C=O) groups is 2. The lowest BCUT2D eigenvalue weighted by Gasteiger charge is -2.28. The highest BCUT2D eigenvalue weighted by molar-refractivity contribution is 7.52. The first kappa shape index (κ1) is 28.5. The molecule has 2 aromatic carbocycles. The summed E-state index contributed by atoms with van der Waals surface area (Å²) in [5.74, 6) is -2.09. The maximum Gasteiger partial charge on any atom is 0.342 e. The minimum absolute atomic E-state index is 0.00656. The van der Waals surface area contributed by atoms with Crippen molar-refractivity contribution in [1.82, 2.24) is 16.0 Å². The number of hydrogen-bond donors (Lipinski definition) is 6. The van der Waals surface area contributed by atoms with E-state index in [1.165, 1.54) is 13.1 Å². The van der Waals surface area contributed by atoms with Crippen molar-refractivity contribution in [2.24, 2.45) is 5.92 Å². The summed E-state index contributed by atoms with van der Waals surface area (Å²) in [6.07, 6.45) is 0.799. The highest BCUT2D eigenvalue weighted by Gasteiger charge is 2.34. The molecule has 0 bridgehead atoms. The molecule has 35 heavy (non-hydrogen) atoms. The largest absolute Gasteiger partial charge is 0.508 e. The predicted octanol–water partition coefficient (Wildman–Crippen LogP) is 2.31. The summed E-state index contributed by atoms with van der Waals surface area (Å²) in [4.78, 5) is 45.7. The van der Waals surface area contributed by atoms with Gasteiger partial charge in [-0.1, -0.05) is 62.4 Å². The zero-order valence-electron chi connectivity index (χ0n) is 20.3. The maximum atomic E-state index is 13.2. The zero-order valence-corrected chi connectivity index (χ0v) is 21.2. The van der Waals surface area contributed by atoms with E-state index in [0.29, 0.717) is 12.0 Å². The number of hydrogen-bond acceptors (Lipinski definition) is 5. The van der Waals surface area contributed by atoms with Gasteiger partial charge in [0.2, 0.25) is 11.8 Å². The van der Waals surface area contributed by atoms with E-state index in [9.17, 15) is 29.0 Å². The summed E-state index contributed by atoms with van der Waals surface area (Å²) in [5.41, 5.74) is 1.42. The Hall–Kier alpha value is -2.71. The number of phenols is 1. The quantitative estimate of drug-likeness (QED) is 0.229. The van der Waals surface area contributed by atoms with E-state index in [0.717, 1.165) is 5.56 Å². The third-order valence-corrected chi connectivity index (χ3v) is 6.88. The normalized spacial score (nSPS) is 14.2. The van der Waals surface area contributed by atoms with Crippen molar-refractivity contribution in [2.75, 3.05) is 7.05 Å². The number of para-hydroxylation sites is 1. The Kier molecular flexibility index (Phi) is 10.9. The lowest BCUT2D eigenvalue weighted by molar-refractivity contribution is -0.130. The highest BCUT2D eigenvalue weighted by atomic mass is 31.2. The second-order valence-corrected chi connectivity index (χ2v) is 10.8. The van der Waals surface area contributed by atoms with Crippen molar-refractivity contribution in [1.29, 1.82) is 0 Å². The van der Waals surface area contributed by atoms with Crippen molar-refractivity contribution in [3.8, 4) is 5.75 Å². The van der Waals surface area contributed by atoms with E-state index < -0.39 is 31.4 Å². The van der Waals surface area contributed by atoms with Gasteiger partial charge in [-0.25, -0.2) is 0 Å². The van der Waals surface area contributed by atoms with E-state index in [4.69, 9.17) is 0 Å². The third kappa shape index (κ3) is 9.45. The Morgan fingerprint density at radius 1 is 0.943 bits per heavy atom. The molecule has 0 aromatic heterocycles. The van der Waals surface area contributed by atoms with Crippen LogP contribution >= 0.6 is 7.60 Å². The number of benzene rings is 2. The number of nitrogens with one attached hydrogen (secondary N) is 3. The molecule has 0 radical (unpaired) electrons. The second kappa shape index (κ2) is 13.4. The molecule has 0 fully saturated rings. The Morgan fingerprint density at radius 3 is 2.14 bits per heavy atom. The second-order valence-electron chi connectivity index (χ2n) is 8.99. The fourth-order valence-electron chi connectivity index (χ4n) is 3.82. The standard InChI is InChI=1S/C25H36N3O6P/c1-17(2)15-20(25(31)28-21(24(30)26-3)16-18-9-5-4-6-10-18)27-23(35(32,33)34)14-13-19-11-7-8-12-22(19)29/h4-12,17,20-21,23,27,29H,13-16H2,1-3H3,(H,26,30)(H,28,31)(H2,32,33,34)/t20-,21?,23-/m0/s1. The molecule has 0 spiro atoms. The molecule has 0 heterocycles. The van der Waals surface area contributed by atoms with E-state index in [1.54, 1.807) is 18.2 Å². The molecule has 2 rings (SSSR count). The van der Waals surface area contributed by atoms with Gasteiger partial charge in [-0.2, -0.15) is 0 Å². The molecule has 0 saturated carbocycles. The van der Waals surface area contributed by atoms with E-state index in [1.807, 2.05) is 44.2 Å². The molecule has 1 unspecified atom stereocenters. The Morgan fingerprint density at radius 2 is 1.57 bits per heavy atom. The summed E-state index contributed by atoms with van der Waals surface area (Å²) in [6, 6.07) is 14.1.